The number of amides is 1. The summed E-state index contributed by atoms with van der Waals surface area (Å²) in [4.78, 5) is 20.0. The molecule has 1 aliphatic heterocycles. The third kappa shape index (κ3) is 2.17. The highest BCUT2D eigenvalue weighted by atomic mass is 32.1. The number of likely N-dealkylation sites (N-methyl/N-ethyl adjacent to an activating group) is 1. The second-order valence-electron chi connectivity index (χ2n) is 5.42. The van der Waals surface area contributed by atoms with Crippen molar-refractivity contribution in [2.24, 2.45) is 0 Å². The summed E-state index contributed by atoms with van der Waals surface area (Å²) in [6.45, 7) is 6.80. The van der Waals surface area contributed by atoms with Crippen molar-refractivity contribution in [3.05, 3.63) is 22.7 Å². The predicted molar refractivity (Wildman–Crippen MR) is 78.9 cm³/mol. The van der Waals surface area contributed by atoms with Gasteiger partial charge in [0.25, 0.3) is 5.91 Å². The Balaban J connectivity index is 1.83. The van der Waals surface area contributed by atoms with Crippen molar-refractivity contribution < 1.29 is 4.79 Å². The molecule has 0 spiro atoms. The van der Waals surface area contributed by atoms with Crippen LogP contribution in [0, 0.1) is 6.92 Å². The lowest BCUT2D eigenvalue weighted by atomic mass is 10.2. The first-order valence-electron chi connectivity index (χ1n) is 6.62. The maximum Gasteiger partial charge on any atom is 0.270 e. The SMILES string of the molecule is Cc1csc2cc(C(=O)N3CCN(C)C(C)C3)[nH]c12. The normalized spacial score (nSPS) is 21.2. The van der Waals surface area contributed by atoms with Gasteiger partial charge in [0.05, 0.1) is 10.2 Å². The fourth-order valence-corrected chi connectivity index (χ4v) is 3.49. The summed E-state index contributed by atoms with van der Waals surface area (Å²) in [5.41, 5.74) is 3.04. The molecule has 5 heteroatoms. The first-order valence-corrected chi connectivity index (χ1v) is 7.50. The van der Waals surface area contributed by atoms with E-state index < -0.39 is 0 Å². The molecule has 19 heavy (non-hydrogen) atoms. The van der Waals surface area contributed by atoms with Gasteiger partial charge >= 0.3 is 0 Å². The lowest BCUT2D eigenvalue weighted by Crippen LogP contribution is -2.52. The second kappa shape index (κ2) is 4.65. The van der Waals surface area contributed by atoms with Crippen molar-refractivity contribution in [1.82, 2.24) is 14.8 Å². The standard InChI is InChI=1S/C14H19N3OS/c1-9-8-19-12-6-11(15-13(9)12)14(18)17-5-4-16(3)10(2)7-17/h6,8,10,15H,4-5,7H2,1-3H3. The van der Waals surface area contributed by atoms with E-state index in [1.165, 1.54) is 10.3 Å². The molecule has 1 atom stereocenters. The van der Waals surface area contributed by atoms with Crippen LogP contribution in [0.15, 0.2) is 11.4 Å². The number of nitrogens with zero attached hydrogens (tertiary/aromatic N) is 2. The molecule has 2 aromatic rings. The smallest absolute Gasteiger partial charge is 0.270 e. The van der Waals surface area contributed by atoms with Crippen LogP contribution >= 0.6 is 11.3 Å². The fourth-order valence-electron chi connectivity index (χ4n) is 2.55. The highest BCUT2D eigenvalue weighted by Gasteiger charge is 2.26. The van der Waals surface area contributed by atoms with Crippen LogP contribution in [0.1, 0.15) is 23.0 Å². The predicted octanol–water partition coefficient (Wildman–Crippen LogP) is 2.31. The average molecular weight is 277 g/mol. The van der Waals surface area contributed by atoms with Gasteiger partial charge in [-0.1, -0.05) is 0 Å². The highest BCUT2D eigenvalue weighted by molar-refractivity contribution is 7.17. The lowest BCUT2D eigenvalue weighted by molar-refractivity contribution is 0.0568. The van der Waals surface area contributed by atoms with E-state index in [2.05, 4.69) is 36.2 Å². The number of aryl methyl sites for hydroxylation is 1. The highest BCUT2D eigenvalue weighted by Crippen LogP contribution is 2.26. The first kappa shape index (κ1) is 12.7. The fraction of sp³-hybridized carbons (Fsp3) is 0.500. The van der Waals surface area contributed by atoms with Crippen LogP contribution < -0.4 is 0 Å². The van der Waals surface area contributed by atoms with Gasteiger partial charge < -0.3 is 14.8 Å². The van der Waals surface area contributed by atoms with Crippen LogP contribution in [0.25, 0.3) is 10.2 Å². The zero-order valence-electron chi connectivity index (χ0n) is 11.6. The zero-order chi connectivity index (χ0) is 13.6. The van der Waals surface area contributed by atoms with E-state index in [0.717, 1.165) is 30.8 Å². The molecule has 0 bridgehead atoms. The van der Waals surface area contributed by atoms with Crippen molar-refractivity contribution >= 4 is 27.5 Å². The topological polar surface area (TPSA) is 39.3 Å². The van der Waals surface area contributed by atoms with Crippen LogP contribution in [0.3, 0.4) is 0 Å². The molecule has 1 amide bonds. The molecule has 1 saturated heterocycles. The number of fused-ring (bicyclic) bond motifs is 1. The van der Waals surface area contributed by atoms with Crippen LogP contribution in [-0.2, 0) is 0 Å². The Kier molecular flexibility index (Phi) is 3.11. The molecule has 1 N–H and O–H groups in total. The molecular weight excluding hydrogens is 258 g/mol. The molecule has 3 heterocycles. The van der Waals surface area contributed by atoms with Crippen molar-refractivity contribution in [3.63, 3.8) is 0 Å². The Hall–Kier alpha value is -1.33. The Morgan fingerprint density at radius 2 is 2.26 bits per heavy atom. The van der Waals surface area contributed by atoms with Gasteiger partial charge in [-0.2, -0.15) is 0 Å². The van der Waals surface area contributed by atoms with Gasteiger partial charge in [-0.15, -0.1) is 11.3 Å². The van der Waals surface area contributed by atoms with Crippen LogP contribution in [0.2, 0.25) is 0 Å². The Morgan fingerprint density at radius 3 is 2.95 bits per heavy atom. The quantitative estimate of drug-likeness (QED) is 0.869. The summed E-state index contributed by atoms with van der Waals surface area (Å²) < 4.78 is 1.17. The molecule has 1 aliphatic rings. The molecule has 1 unspecified atom stereocenters. The lowest BCUT2D eigenvalue weighted by Gasteiger charge is -2.37. The maximum atomic E-state index is 12.5. The summed E-state index contributed by atoms with van der Waals surface area (Å²) in [5, 5.41) is 2.12. The van der Waals surface area contributed by atoms with Crippen molar-refractivity contribution in [2.45, 2.75) is 19.9 Å². The van der Waals surface area contributed by atoms with E-state index in [1.807, 2.05) is 11.0 Å². The zero-order valence-corrected chi connectivity index (χ0v) is 12.4. The minimum absolute atomic E-state index is 0.128. The minimum atomic E-state index is 0.128. The number of aromatic amines is 1. The monoisotopic (exact) mass is 277 g/mol. The number of thiophene rings is 1. The van der Waals surface area contributed by atoms with Crippen LogP contribution in [0.4, 0.5) is 0 Å². The molecule has 0 aromatic carbocycles. The first-order chi connectivity index (χ1) is 9.06. The molecule has 0 aliphatic carbocycles. The van der Waals surface area contributed by atoms with Crippen molar-refractivity contribution in [3.8, 4) is 0 Å². The number of rotatable bonds is 1. The van der Waals surface area contributed by atoms with Crippen molar-refractivity contribution in [2.75, 3.05) is 26.7 Å². The molecule has 0 radical (unpaired) electrons. The summed E-state index contributed by atoms with van der Waals surface area (Å²) in [6, 6.07) is 2.41. The number of nitrogens with one attached hydrogen (secondary N) is 1. The molecule has 1 fully saturated rings. The van der Waals surface area contributed by atoms with E-state index in [0.29, 0.717) is 6.04 Å². The molecule has 102 valence electrons. The van der Waals surface area contributed by atoms with E-state index in [4.69, 9.17) is 0 Å². The molecule has 0 saturated carbocycles. The molecular formula is C14H19N3OS. The molecule has 3 rings (SSSR count). The maximum absolute atomic E-state index is 12.5. The van der Waals surface area contributed by atoms with E-state index in [1.54, 1.807) is 11.3 Å². The van der Waals surface area contributed by atoms with Crippen LogP contribution in [-0.4, -0.2) is 53.4 Å². The minimum Gasteiger partial charge on any atom is -0.350 e. The third-order valence-electron chi connectivity index (χ3n) is 4.02. The number of hydrogen-bond acceptors (Lipinski definition) is 3. The third-order valence-corrected chi connectivity index (χ3v) is 5.06. The Morgan fingerprint density at radius 1 is 1.47 bits per heavy atom. The van der Waals surface area contributed by atoms with E-state index in [-0.39, 0.29) is 5.91 Å². The summed E-state index contributed by atoms with van der Waals surface area (Å²) in [5.74, 6) is 0.128. The summed E-state index contributed by atoms with van der Waals surface area (Å²) >= 11 is 1.69. The van der Waals surface area contributed by atoms with Gasteiger partial charge in [0, 0.05) is 25.7 Å². The van der Waals surface area contributed by atoms with Crippen LogP contribution in [0.5, 0.6) is 0 Å². The van der Waals surface area contributed by atoms with Gasteiger partial charge in [0.1, 0.15) is 5.69 Å². The second-order valence-corrected chi connectivity index (χ2v) is 6.33. The van der Waals surface area contributed by atoms with Gasteiger partial charge in [-0.3, -0.25) is 4.79 Å². The Bertz CT molecular complexity index is 615. The number of H-pyrrole nitrogens is 1. The summed E-state index contributed by atoms with van der Waals surface area (Å²) in [6.07, 6.45) is 0. The number of aromatic nitrogens is 1. The number of hydrogen-bond donors (Lipinski definition) is 1. The van der Waals surface area contributed by atoms with Gasteiger partial charge in [-0.25, -0.2) is 0 Å². The molecule has 2 aromatic heterocycles. The van der Waals surface area contributed by atoms with Gasteiger partial charge in [0.2, 0.25) is 0 Å². The van der Waals surface area contributed by atoms with Gasteiger partial charge in [-0.05, 0) is 37.9 Å². The van der Waals surface area contributed by atoms with E-state index >= 15 is 0 Å². The number of carbonyl (C=O) groups excluding carboxylic acids is 1. The Labute approximate surface area is 117 Å². The van der Waals surface area contributed by atoms with Crippen molar-refractivity contribution in [1.29, 1.82) is 0 Å². The summed E-state index contributed by atoms with van der Waals surface area (Å²) in [7, 11) is 2.11. The number of piperazine rings is 1. The average Bonchev–Trinajstić information content (AvgIpc) is 2.95. The largest absolute Gasteiger partial charge is 0.350 e. The van der Waals surface area contributed by atoms with Gasteiger partial charge in [0.15, 0.2) is 0 Å². The van der Waals surface area contributed by atoms with E-state index in [9.17, 15) is 4.79 Å². The molecule has 4 nitrogen and oxygen atoms in total. The number of carbonyl (C=O) groups is 1.